The number of nitrogens with one attached hydrogen (secondary N) is 4. The number of nitrogens with two attached hydrogens (primary N) is 1. The van der Waals surface area contributed by atoms with Gasteiger partial charge in [0.1, 0.15) is 36.0 Å². The van der Waals surface area contributed by atoms with Gasteiger partial charge in [0.05, 0.1) is 4.88 Å². The van der Waals surface area contributed by atoms with Gasteiger partial charge in [-0.1, -0.05) is 36.1 Å². The number of hydrogen-bond donors (Lipinski definition) is 7. The Morgan fingerprint density at radius 2 is 1.62 bits per heavy atom. The van der Waals surface area contributed by atoms with Gasteiger partial charge in [0, 0.05) is 92.8 Å². The van der Waals surface area contributed by atoms with Crippen LogP contribution in [0.15, 0.2) is 66.7 Å². The molecule has 4 aromatic rings. The van der Waals surface area contributed by atoms with Gasteiger partial charge in [0.25, 0.3) is 11.8 Å². The summed E-state index contributed by atoms with van der Waals surface area (Å²) in [6.45, 7) is 1.93. The molecule has 4 saturated heterocycles. The van der Waals surface area contributed by atoms with E-state index in [1.165, 1.54) is 58.0 Å². The third-order valence-corrected chi connectivity index (χ3v) is 18.5. The van der Waals surface area contributed by atoms with E-state index in [9.17, 15) is 75.5 Å². The number of likely N-dealkylation sites (tertiary alicyclic amines) is 1. The Balaban J connectivity index is 0.854. The number of imide groups is 1. The lowest BCUT2D eigenvalue weighted by atomic mass is 9.91. The summed E-state index contributed by atoms with van der Waals surface area (Å²) >= 11 is 0.847. The average molecular weight is 1210 g/mol. The van der Waals surface area contributed by atoms with Crippen LogP contribution in [0.4, 0.5) is 13.2 Å². The lowest BCUT2D eigenvalue weighted by Crippen LogP contribution is -2.62. The maximum absolute atomic E-state index is 14.7. The highest BCUT2D eigenvalue weighted by atomic mass is 32.1. The Kier molecular flexibility index (Phi) is 18.6. The summed E-state index contributed by atoms with van der Waals surface area (Å²) < 4.78 is 55.2. The fourth-order valence-corrected chi connectivity index (χ4v) is 13.1. The highest BCUT2D eigenvalue weighted by Crippen LogP contribution is 2.59. The van der Waals surface area contributed by atoms with Gasteiger partial charge in [-0.05, 0) is 116 Å². The predicted molar refractivity (Wildman–Crippen MR) is 300 cm³/mol. The molecule has 85 heavy (non-hydrogen) atoms. The second-order valence-electron chi connectivity index (χ2n) is 22.0. The van der Waals surface area contributed by atoms with E-state index in [0.717, 1.165) is 23.5 Å². The van der Waals surface area contributed by atoms with Crippen molar-refractivity contribution in [3.63, 3.8) is 0 Å². The van der Waals surface area contributed by atoms with Crippen LogP contribution in [0.25, 0.3) is 10.1 Å². The molecule has 0 spiro atoms. The number of nitrogens with zero attached hydrogens (tertiary/aromatic N) is 4. The van der Waals surface area contributed by atoms with Crippen LogP contribution >= 0.6 is 18.9 Å². The average Bonchev–Trinajstić information content (AvgIpc) is 2.76. The van der Waals surface area contributed by atoms with Gasteiger partial charge in [-0.3, -0.25) is 57.8 Å². The number of primary amides is 1. The summed E-state index contributed by atoms with van der Waals surface area (Å²) in [6, 6.07) is 7.91. The monoisotopic (exact) mass is 1210 g/mol. The van der Waals surface area contributed by atoms with Crippen molar-refractivity contribution in [3.05, 3.63) is 105 Å². The third kappa shape index (κ3) is 13.9. The minimum atomic E-state index is -5.91. The summed E-state index contributed by atoms with van der Waals surface area (Å²) in [5.41, 5.74) is 2.38. The first kappa shape index (κ1) is 61.6. The lowest BCUT2D eigenvalue weighted by Gasteiger charge is -2.38. The Morgan fingerprint density at radius 3 is 2.32 bits per heavy atom. The second-order valence-corrected chi connectivity index (χ2v) is 24.8. The zero-order valence-electron chi connectivity index (χ0n) is 46.2. The Labute approximate surface area is 489 Å². The van der Waals surface area contributed by atoms with Crippen LogP contribution in [0.5, 0.6) is 0 Å². The number of rotatable bonds is 17. The topological polar surface area (TPSA) is 315 Å². The molecule has 0 bridgehead atoms. The van der Waals surface area contributed by atoms with Crippen LogP contribution < -0.4 is 27.0 Å². The fraction of sp³-hybridized carbons (Fsp3) is 0.448. The molecule has 450 valence electrons. The number of halogens is 3. The standard InChI is InChI=1S/C58H63F3N9O13PS/c1-32(71)68-26-23-39-14-16-46(70(39)57(80)44(31-68)65-54(77)48-29-36-28-37(11-18-47(36)85-48)58(60,61)84(81,82)83)53(76)63-42(15-19-49(62)72)51(74)64-43(27-34-9-12-38(59)13-10-34)56(79)67-24-21-33(22-25-67)5-2-3-6-35-7-4-8-40-41(35)30-69(55(40)78)45-17-20-50(73)66-52(45)75/h4,7-13,18,28-29,33,39,42-46H,2,5,14-17,19-27,30-31H2,1H3,(H2,62,72)(H,63,76)(H,64,74)(H,65,77)(H,66,73,75)(H2,81,82,83)/t39-,42+,43+,44+,45?,46+/m1/s1. The van der Waals surface area contributed by atoms with E-state index < -0.39 is 108 Å². The number of amides is 10. The maximum Gasteiger partial charge on any atom is 0.399 e. The Bertz CT molecular complexity index is 3470. The minimum Gasteiger partial charge on any atom is -0.370 e. The van der Waals surface area contributed by atoms with Crippen molar-refractivity contribution in [2.45, 2.75) is 132 Å². The van der Waals surface area contributed by atoms with E-state index in [-0.39, 0.29) is 99.0 Å². The van der Waals surface area contributed by atoms with Crippen molar-refractivity contribution >= 4 is 88.1 Å². The molecular formula is C58H63F3N9O13PS. The molecule has 5 aliphatic rings. The van der Waals surface area contributed by atoms with E-state index in [1.807, 2.05) is 6.07 Å². The van der Waals surface area contributed by atoms with Crippen LogP contribution in [-0.2, 0) is 61.6 Å². The van der Waals surface area contributed by atoms with Crippen molar-refractivity contribution in [2.24, 2.45) is 11.7 Å². The van der Waals surface area contributed by atoms with Crippen molar-refractivity contribution in [2.75, 3.05) is 26.2 Å². The molecule has 1 unspecified atom stereocenters. The Hall–Kier alpha value is -7.98. The van der Waals surface area contributed by atoms with Crippen LogP contribution in [0.2, 0.25) is 0 Å². The summed E-state index contributed by atoms with van der Waals surface area (Å²) in [7, 11) is -5.91. The van der Waals surface area contributed by atoms with E-state index in [0.29, 0.717) is 65.7 Å². The van der Waals surface area contributed by atoms with E-state index in [2.05, 4.69) is 33.1 Å². The van der Waals surface area contributed by atoms with Gasteiger partial charge in [-0.2, -0.15) is 8.78 Å². The number of carbonyl (C=O) groups is 10. The molecule has 3 aromatic carbocycles. The minimum absolute atomic E-state index is 0.0575. The first-order chi connectivity index (χ1) is 40.4. The van der Waals surface area contributed by atoms with Crippen LogP contribution in [0, 0.1) is 23.6 Å². The molecule has 6 atom stereocenters. The van der Waals surface area contributed by atoms with E-state index in [4.69, 9.17) is 5.73 Å². The van der Waals surface area contributed by atoms with Crippen LogP contribution in [-0.4, -0.2) is 151 Å². The van der Waals surface area contributed by atoms with Gasteiger partial charge < -0.3 is 51.1 Å². The molecule has 8 N–H and O–H groups in total. The summed E-state index contributed by atoms with van der Waals surface area (Å²) in [5.74, 6) is -0.00563. The van der Waals surface area contributed by atoms with Crippen LogP contribution in [0.1, 0.15) is 120 Å². The molecule has 22 nitrogen and oxygen atoms in total. The smallest absolute Gasteiger partial charge is 0.370 e. The van der Waals surface area contributed by atoms with E-state index >= 15 is 0 Å². The molecule has 27 heteroatoms. The van der Waals surface area contributed by atoms with Crippen molar-refractivity contribution in [1.29, 1.82) is 0 Å². The van der Waals surface area contributed by atoms with Gasteiger partial charge >= 0.3 is 13.3 Å². The molecule has 5 aliphatic heterocycles. The highest BCUT2D eigenvalue weighted by molar-refractivity contribution is 7.52. The molecule has 6 heterocycles. The number of thiophene rings is 1. The number of piperidine rings is 2. The maximum atomic E-state index is 14.7. The number of carbonyl (C=O) groups excluding carboxylic acids is 10. The molecule has 9 rings (SSSR count). The summed E-state index contributed by atoms with van der Waals surface area (Å²) in [6.07, 6.45) is 2.63. The predicted octanol–water partition coefficient (Wildman–Crippen LogP) is 3.29. The fourth-order valence-electron chi connectivity index (χ4n) is 11.7. The molecule has 0 aliphatic carbocycles. The number of hydrogen-bond acceptors (Lipinski definition) is 12. The van der Waals surface area contributed by atoms with Crippen LogP contribution in [0.3, 0.4) is 0 Å². The first-order valence-electron chi connectivity index (χ1n) is 27.9. The lowest BCUT2D eigenvalue weighted by molar-refractivity contribution is -0.145. The summed E-state index contributed by atoms with van der Waals surface area (Å²) in [4.78, 5) is 159. The van der Waals surface area contributed by atoms with Crippen molar-refractivity contribution < 1.29 is 75.5 Å². The molecule has 4 fully saturated rings. The quantitative estimate of drug-likeness (QED) is 0.0454. The third-order valence-electron chi connectivity index (χ3n) is 16.4. The molecular weight excluding hydrogens is 1150 g/mol. The highest BCUT2D eigenvalue weighted by Gasteiger charge is 2.51. The SMILES string of the molecule is CC(=O)N1CC[C@H]2CC[C@@H](C(=O)N[C@@H](CCC(N)=O)C(=O)N[C@@H](Cc3ccc(F)cc3)C(=O)N3CCC(CCC#Cc4cccc5c4CN(C4CCC(=O)NC4=O)C5=O)CC3)N2C(=O)[C@@H](NC(=O)c2cc3cc(C(F)(F)P(=O)(O)O)ccc3s2)C1. The second kappa shape index (κ2) is 25.7. The Morgan fingerprint density at radius 1 is 0.894 bits per heavy atom. The van der Waals surface area contributed by atoms with Gasteiger partial charge in [0.15, 0.2) is 0 Å². The van der Waals surface area contributed by atoms with E-state index in [1.54, 1.807) is 17.0 Å². The molecule has 1 aromatic heterocycles. The van der Waals surface area contributed by atoms with Gasteiger partial charge in [-0.25, -0.2) is 4.39 Å². The van der Waals surface area contributed by atoms with Crippen molar-refractivity contribution in [3.8, 4) is 11.8 Å². The first-order valence-corrected chi connectivity index (χ1v) is 30.3. The zero-order valence-corrected chi connectivity index (χ0v) is 47.9. The van der Waals surface area contributed by atoms with Gasteiger partial charge in [0.2, 0.25) is 47.3 Å². The molecule has 0 saturated carbocycles. The largest absolute Gasteiger partial charge is 0.399 e. The molecule has 10 amide bonds. The normalized spacial score (nSPS) is 21.0. The number of fused-ring (bicyclic) bond motifs is 3. The summed E-state index contributed by atoms with van der Waals surface area (Å²) in [5, 5.41) is 10.5. The van der Waals surface area contributed by atoms with Gasteiger partial charge in [-0.15, -0.1) is 11.3 Å². The van der Waals surface area contributed by atoms with Crippen molar-refractivity contribution in [1.82, 2.24) is 40.9 Å². The number of alkyl halides is 2. The number of benzene rings is 3. The molecule has 0 radical (unpaired) electrons. The zero-order chi connectivity index (χ0) is 61.1.